The first-order valence-corrected chi connectivity index (χ1v) is 10.1. The highest BCUT2D eigenvalue weighted by Crippen LogP contribution is 2.33. The maximum atomic E-state index is 8.61. The molecule has 0 aromatic heterocycles. The number of nitrogens with two attached hydrogens (primary N) is 2. The highest BCUT2D eigenvalue weighted by molar-refractivity contribution is 7.99. The van der Waals surface area contributed by atoms with E-state index in [1.54, 1.807) is 11.8 Å². The Hall–Kier alpha value is -3.29. The lowest BCUT2D eigenvalue weighted by atomic mass is 10.1. The van der Waals surface area contributed by atoms with Crippen LogP contribution in [0.5, 0.6) is 0 Å². The van der Waals surface area contributed by atoms with E-state index in [0.29, 0.717) is 24.5 Å². The van der Waals surface area contributed by atoms with Gasteiger partial charge in [0.2, 0.25) is 0 Å². The molecular weight excluding hydrogens is 380 g/mol. The van der Waals surface area contributed by atoms with Crippen molar-refractivity contribution in [1.82, 2.24) is 0 Å². The third-order valence-corrected chi connectivity index (χ3v) is 5.41. The van der Waals surface area contributed by atoms with Gasteiger partial charge >= 0.3 is 0 Å². The van der Waals surface area contributed by atoms with Crippen LogP contribution < -0.4 is 11.5 Å². The zero-order chi connectivity index (χ0) is 20.9. The van der Waals surface area contributed by atoms with Crippen molar-refractivity contribution in [3.63, 3.8) is 0 Å². The molecule has 0 aliphatic heterocycles. The van der Waals surface area contributed by atoms with E-state index >= 15 is 0 Å². The molecule has 7 heteroatoms. The molecule has 0 heterocycles. The van der Waals surface area contributed by atoms with Gasteiger partial charge in [-0.15, -0.1) is 0 Å². The van der Waals surface area contributed by atoms with E-state index in [0.717, 1.165) is 12.8 Å². The van der Waals surface area contributed by atoms with Crippen LogP contribution >= 0.6 is 11.8 Å². The van der Waals surface area contributed by atoms with Gasteiger partial charge in [0.05, 0.1) is 23.8 Å². The summed E-state index contributed by atoms with van der Waals surface area (Å²) in [6, 6.07) is 20.4. The summed E-state index contributed by atoms with van der Waals surface area (Å²) in [6.45, 7) is 0.187. The SMILES string of the molecule is N#CCN=C(N)CCc1ccccc1Sc1ccccc1CCC(N)=NCC#N. The minimum Gasteiger partial charge on any atom is -0.387 e. The van der Waals surface area contributed by atoms with Gasteiger partial charge in [0.1, 0.15) is 13.1 Å². The zero-order valence-corrected chi connectivity index (χ0v) is 17.0. The zero-order valence-electron chi connectivity index (χ0n) is 16.2. The second kappa shape index (κ2) is 12.2. The number of aryl methyl sites for hydroxylation is 2. The van der Waals surface area contributed by atoms with Gasteiger partial charge in [0.25, 0.3) is 0 Å². The molecule has 0 aliphatic rings. The second-order valence-electron chi connectivity index (χ2n) is 6.25. The standard InChI is InChI=1S/C22H24N6S/c23-13-15-27-21(25)11-9-17-5-1-3-7-19(17)29-20-8-4-2-6-18(20)10-12-22(26)28-16-14-24/h1-8H,9-12,15-16H2,(H2,25,27)(H2,26,28). The van der Waals surface area contributed by atoms with E-state index in [1.807, 2.05) is 36.4 Å². The van der Waals surface area contributed by atoms with Crippen LogP contribution in [0.25, 0.3) is 0 Å². The van der Waals surface area contributed by atoms with Gasteiger partial charge in [0, 0.05) is 22.6 Å². The molecule has 0 atom stereocenters. The normalized spacial score (nSPS) is 11.7. The fourth-order valence-electron chi connectivity index (χ4n) is 2.70. The number of nitriles is 2. The molecule has 0 radical (unpaired) electrons. The lowest BCUT2D eigenvalue weighted by Gasteiger charge is -2.12. The van der Waals surface area contributed by atoms with E-state index in [9.17, 15) is 0 Å². The van der Waals surface area contributed by atoms with Gasteiger partial charge in [-0.05, 0) is 36.1 Å². The third kappa shape index (κ3) is 7.69. The van der Waals surface area contributed by atoms with Crippen molar-refractivity contribution >= 4 is 23.4 Å². The van der Waals surface area contributed by atoms with Crippen LogP contribution in [0, 0.1) is 22.7 Å². The molecule has 4 N–H and O–H groups in total. The van der Waals surface area contributed by atoms with E-state index in [1.165, 1.54) is 20.9 Å². The number of hydrogen-bond donors (Lipinski definition) is 2. The van der Waals surface area contributed by atoms with Crippen molar-refractivity contribution in [2.45, 2.75) is 35.5 Å². The summed E-state index contributed by atoms with van der Waals surface area (Å²) in [7, 11) is 0. The van der Waals surface area contributed by atoms with Gasteiger partial charge in [-0.25, -0.2) is 0 Å². The van der Waals surface area contributed by atoms with Crippen molar-refractivity contribution < 1.29 is 0 Å². The molecule has 6 nitrogen and oxygen atoms in total. The quantitative estimate of drug-likeness (QED) is 0.356. The monoisotopic (exact) mass is 404 g/mol. The molecule has 148 valence electrons. The van der Waals surface area contributed by atoms with Crippen LogP contribution in [0.1, 0.15) is 24.0 Å². The van der Waals surface area contributed by atoms with Crippen molar-refractivity contribution in [3.8, 4) is 12.1 Å². The van der Waals surface area contributed by atoms with E-state index in [-0.39, 0.29) is 13.1 Å². The Bertz CT molecular complexity index is 875. The Balaban J connectivity index is 2.11. The van der Waals surface area contributed by atoms with Crippen molar-refractivity contribution in [2.75, 3.05) is 13.1 Å². The molecule has 0 amide bonds. The average molecular weight is 405 g/mol. The number of benzene rings is 2. The van der Waals surface area contributed by atoms with Gasteiger partial charge in [-0.2, -0.15) is 10.5 Å². The smallest absolute Gasteiger partial charge is 0.128 e. The molecule has 0 unspecified atom stereocenters. The number of aliphatic imine (C=N–C) groups is 2. The first-order chi connectivity index (χ1) is 14.1. The van der Waals surface area contributed by atoms with E-state index < -0.39 is 0 Å². The predicted molar refractivity (Wildman–Crippen MR) is 118 cm³/mol. The number of nitrogens with zero attached hydrogens (tertiary/aromatic N) is 4. The number of amidine groups is 2. The van der Waals surface area contributed by atoms with Crippen molar-refractivity contribution in [3.05, 3.63) is 59.7 Å². The maximum Gasteiger partial charge on any atom is 0.128 e. The molecule has 0 aliphatic carbocycles. The van der Waals surface area contributed by atoms with Crippen LogP contribution in [0.2, 0.25) is 0 Å². The molecule has 0 fully saturated rings. The molecule has 0 saturated heterocycles. The summed E-state index contributed by atoms with van der Waals surface area (Å²) >= 11 is 1.71. The van der Waals surface area contributed by atoms with Crippen LogP contribution in [0.3, 0.4) is 0 Å². The van der Waals surface area contributed by atoms with Crippen molar-refractivity contribution in [1.29, 1.82) is 10.5 Å². The summed E-state index contributed by atoms with van der Waals surface area (Å²) in [5.41, 5.74) is 14.2. The molecule has 29 heavy (non-hydrogen) atoms. The Kier molecular flexibility index (Phi) is 9.28. The molecule has 2 aromatic rings. The number of rotatable bonds is 10. The number of hydrogen-bond acceptors (Lipinski definition) is 5. The summed E-state index contributed by atoms with van der Waals surface area (Å²) in [5, 5.41) is 17.2. The summed E-state index contributed by atoms with van der Waals surface area (Å²) in [4.78, 5) is 10.4. The lowest BCUT2D eigenvalue weighted by Crippen LogP contribution is -2.13. The minimum absolute atomic E-state index is 0.0937. The van der Waals surface area contributed by atoms with Crippen LogP contribution in [0.15, 0.2) is 68.3 Å². The van der Waals surface area contributed by atoms with E-state index in [2.05, 4.69) is 34.3 Å². The highest BCUT2D eigenvalue weighted by Gasteiger charge is 2.09. The predicted octanol–water partition coefficient (Wildman–Crippen LogP) is 3.46. The largest absolute Gasteiger partial charge is 0.387 e. The Morgan fingerprint density at radius 2 is 1.17 bits per heavy atom. The fourth-order valence-corrected chi connectivity index (χ4v) is 3.83. The molecule has 0 bridgehead atoms. The fraction of sp³-hybridized carbons (Fsp3) is 0.273. The van der Waals surface area contributed by atoms with Crippen LogP contribution in [-0.4, -0.2) is 24.8 Å². The lowest BCUT2D eigenvalue weighted by molar-refractivity contribution is 0.974. The Morgan fingerprint density at radius 1 is 0.759 bits per heavy atom. The van der Waals surface area contributed by atoms with Crippen LogP contribution in [-0.2, 0) is 12.8 Å². The third-order valence-electron chi connectivity index (χ3n) is 4.17. The van der Waals surface area contributed by atoms with Gasteiger partial charge in [-0.3, -0.25) is 9.98 Å². The summed E-state index contributed by atoms with van der Waals surface area (Å²) in [6.07, 6.45) is 2.76. The molecule has 2 aromatic carbocycles. The highest BCUT2D eigenvalue weighted by atomic mass is 32.2. The minimum atomic E-state index is 0.0937. The van der Waals surface area contributed by atoms with Gasteiger partial charge in [-0.1, -0.05) is 48.2 Å². The first kappa shape index (κ1) is 22.0. The molecule has 0 spiro atoms. The summed E-state index contributed by atoms with van der Waals surface area (Å²) < 4.78 is 0. The van der Waals surface area contributed by atoms with Crippen LogP contribution in [0.4, 0.5) is 0 Å². The summed E-state index contributed by atoms with van der Waals surface area (Å²) in [5.74, 6) is 0.998. The maximum absolute atomic E-state index is 8.61. The Morgan fingerprint density at radius 3 is 1.59 bits per heavy atom. The van der Waals surface area contributed by atoms with Gasteiger partial charge < -0.3 is 11.5 Å². The molecule has 0 saturated carbocycles. The second-order valence-corrected chi connectivity index (χ2v) is 7.33. The average Bonchev–Trinajstić information content (AvgIpc) is 2.75. The first-order valence-electron chi connectivity index (χ1n) is 9.29. The Labute approximate surface area is 176 Å². The topological polar surface area (TPSA) is 124 Å². The molecular formula is C22H24N6S. The molecule has 2 rings (SSSR count). The van der Waals surface area contributed by atoms with Crippen molar-refractivity contribution in [2.24, 2.45) is 21.5 Å². The van der Waals surface area contributed by atoms with E-state index in [4.69, 9.17) is 22.0 Å². The van der Waals surface area contributed by atoms with Gasteiger partial charge in [0.15, 0.2) is 0 Å².